The van der Waals surface area contributed by atoms with E-state index in [1.165, 1.54) is 12.1 Å². The Hall–Kier alpha value is -0.460. The van der Waals surface area contributed by atoms with Gasteiger partial charge in [-0.3, -0.25) is 0 Å². The third kappa shape index (κ3) is 3.76. The van der Waals surface area contributed by atoms with Gasteiger partial charge >= 0.3 is 0 Å². The standard InChI is InChI=1S/C11H16BrFN2OS/c1-6(11(5-16)17-2)15-10-4-8(13)7(12)3-9(10)14/h3-4,6,11,15-16H,5,14H2,1-2H3. The Morgan fingerprint density at radius 2 is 2.24 bits per heavy atom. The number of halogens is 2. The van der Waals surface area contributed by atoms with Crippen LogP contribution in [0.25, 0.3) is 0 Å². The van der Waals surface area contributed by atoms with Gasteiger partial charge in [0.05, 0.1) is 22.5 Å². The summed E-state index contributed by atoms with van der Waals surface area (Å²) >= 11 is 4.63. The number of nitrogens with one attached hydrogen (secondary N) is 1. The normalized spacial score (nSPS) is 14.4. The van der Waals surface area contributed by atoms with Crippen LogP contribution in [0, 0.1) is 5.82 Å². The molecule has 4 N–H and O–H groups in total. The van der Waals surface area contributed by atoms with Gasteiger partial charge in [-0.25, -0.2) is 4.39 Å². The fourth-order valence-electron chi connectivity index (χ4n) is 1.46. The van der Waals surface area contributed by atoms with Crippen molar-refractivity contribution in [1.29, 1.82) is 0 Å². The molecule has 0 fully saturated rings. The highest BCUT2D eigenvalue weighted by Gasteiger charge is 2.16. The Kier molecular flexibility index (Phi) is 5.55. The number of rotatable bonds is 5. The smallest absolute Gasteiger partial charge is 0.139 e. The second kappa shape index (κ2) is 6.47. The molecule has 96 valence electrons. The van der Waals surface area contributed by atoms with E-state index in [1.807, 2.05) is 13.2 Å². The predicted octanol–water partition coefficient (Wildman–Crippen LogP) is 2.69. The molecule has 2 unspecified atom stereocenters. The maximum absolute atomic E-state index is 13.4. The lowest BCUT2D eigenvalue weighted by Crippen LogP contribution is -2.31. The minimum Gasteiger partial charge on any atom is -0.397 e. The van der Waals surface area contributed by atoms with Gasteiger partial charge in [0, 0.05) is 17.4 Å². The largest absolute Gasteiger partial charge is 0.397 e. The van der Waals surface area contributed by atoms with Gasteiger partial charge in [-0.15, -0.1) is 0 Å². The summed E-state index contributed by atoms with van der Waals surface area (Å²) in [6, 6.07) is 2.88. The fraction of sp³-hybridized carbons (Fsp3) is 0.455. The van der Waals surface area contributed by atoms with Gasteiger partial charge in [-0.05, 0) is 35.2 Å². The van der Waals surface area contributed by atoms with Crippen molar-refractivity contribution in [3.05, 3.63) is 22.4 Å². The average Bonchev–Trinajstić information content (AvgIpc) is 2.27. The molecule has 3 nitrogen and oxygen atoms in total. The summed E-state index contributed by atoms with van der Waals surface area (Å²) in [6.07, 6.45) is 1.92. The van der Waals surface area contributed by atoms with Crippen LogP contribution in [0.1, 0.15) is 6.92 Å². The monoisotopic (exact) mass is 322 g/mol. The van der Waals surface area contributed by atoms with Gasteiger partial charge in [-0.2, -0.15) is 11.8 Å². The van der Waals surface area contributed by atoms with E-state index in [2.05, 4.69) is 21.2 Å². The summed E-state index contributed by atoms with van der Waals surface area (Å²) in [5, 5.41) is 12.3. The molecule has 0 spiro atoms. The second-order valence-electron chi connectivity index (χ2n) is 3.74. The van der Waals surface area contributed by atoms with Crippen LogP contribution in [-0.2, 0) is 0 Å². The molecule has 0 amide bonds. The molecule has 0 saturated heterocycles. The van der Waals surface area contributed by atoms with Gasteiger partial charge in [0.1, 0.15) is 5.82 Å². The van der Waals surface area contributed by atoms with E-state index < -0.39 is 0 Å². The van der Waals surface area contributed by atoms with Gasteiger partial charge in [0.15, 0.2) is 0 Å². The topological polar surface area (TPSA) is 58.3 Å². The van der Waals surface area contributed by atoms with Gasteiger partial charge in [-0.1, -0.05) is 0 Å². The van der Waals surface area contributed by atoms with Crippen molar-refractivity contribution < 1.29 is 9.50 Å². The third-order valence-corrected chi connectivity index (χ3v) is 4.29. The zero-order valence-electron chi connectivity index (χ0n) is 9.71. The number of hydrogen-bond acceptors (Lipinski definition) is 4. The number of anilines is 2. The van der Waals surface area contributed by atoms with Crippen molar-refractivity contribution in [3.63, 3.8) is 0 Å². The number of nitrogen functional groups attached to an aromatic ring is 1. The van der Waals surface area contributed by atoms with E-state index in [0.29, 0.717) is 15.8 Å². The lowest BCUT2D eigenvalue weighted by Gasteiger charge is -2.23. The van der Waals surface area contributed by atoms with E-state index in [0.717, 1.165) is 0 Å². The SMILES string of the molecule is CSC(CO)C(C)Nc1cc(F)c(Br)cc1N. The molecule has 0 bridgehead atoms. The highest BCUT2D eigenvalue weighted by atomic mass is 79.9. The number of aliphatic hydroxyl groups is 1. The van der Waals surface area contributed by atoms with E-state index in [1.54, 1.807) is 11.8 Å². The molecule has 0 aliphatic heterocycles. The fourth-order valence-corrected chi connectivity index (χ4v) is 2.45. The molecular formula is C11H16BrFN2OS. The van der Waals surface area contributed by atoms with Crippen molar-refractivity contribution in [2.75, 3.05) is 23.9 Å². The first-order chi connectivity index (χ1) is 7.99. The van der Waals surface area contributed by atoms with Crippen LogP contribution in [-0.4, -0.2) is 29.3 Å². The Balaban J connectivity index is 2.84. The van der Waals surface area contributed by atoms with Crippen LogP contribution in [0.2, 0.25) is 0 Å². The van der Waals surface area contributed by atoms with Crippen LogP contribution >= 0.6 is 27.7 Å². The van der Waals surface area contributed by atoms with Crippen LogP contribution in [0.5, 0.6) is 0 Å². The van der Waals surface area contributed by atoms with Gasteiger partial charge in [0.25, 0.3) is 0 Å². The van der Waals surface area contributed by atoms with Gasteiger partial charge < -0.3 is 16.2 Å². The maximum atomic E-state index is 13.4. The van der Waals surface area contributed by atoms with Gasteiger partial charge in [0.2, 0.25) is 0 Å². The molecule has 0 aromatic heterocycles. The molecule has 0 saturated carbocycles. The van der Waals surface area contributed by atoms with Crippen molar-refractivity contribution in [1.82, 2.24) is 0 Å². The first-order valence-corrected chi connectivity index (χ1v) is 7.22. The third-order valence-electron chi connectivity index (χ3n) is 2.52. The number of thioether (sulfide) groups is 1. The highest BCUT2D eigenvalue weighted by molar-refractivity contribution is 9.10. The Bertz CT molecular complexity index is 388. The second-order valence-corrected chi connectivity index (χ2v) is 5.67. The summed E-state index contributed by atoms with van der Waals surface area (Å²) in [5.74, 6) is -0.362. The summed E-state index contributed by atoms with van der Waals surface area (Å²) in [4.78, 5) is 0. The number of benzene rings is 1. The molecule has 0 aliphatic carbocycles. The molecule has 0 heterocycles. The Labute approximate surface area is 113 Å². The molecule has 6 heteroatoms. The van der Waals surface area contributed by atoms with Crippen molar-refractivity contribution >= 4 is 39.1 Å². The predicted molar refractivity (Wildman–Crippen MR) is 76.0 cm³/mol. The molecule has 2 atom stereocenters. The van der Waals surface area contributed by atoms with E-state index in [4.69, 9.17) is 10.8 Å². The summed E-state index contributed by atoms with van der Waals surface area (Å²) in [5.41, 5.74) is 6.82. The summed E-state index contributed by atoms with van der Waals surface area (Å²) < 4.78 is 13.7. The minimum absolute atomic E-state index is 0.00197. The molecule has 0 aliphatic rings. The Morgan fingerprint density at radius 1 is 1.59 bits per heavy atom. The van der Waals surface area contributed by atoms with Crippen LogP contribution in [0.3, 0.4) is 0 Å². The van der Waals surface area contributed by atoms with Crippen LogP contribution in [0.4, 0.5) is 15.8 Å². The van der Waals surface area contributed by atoms with E-state index in [-0.39, 0.29) is 23.7 Å². The molecule has 1 aromatic carbocycles. The number of hydrogen-bond donors (Lipinski definition) is 3. The van der Waals surface area contributed by atoms with Crippen LogP contribution < -0.4 is 11.1 Å². The summed E-state index contributed by atoms with van der Waals surface area (Å²) in [6.45, 7) is 1.99. The molecule has 1 rings (SSSR count). The van der Waals surface area contributed by atoms with Crippen molar-refractivity contribution in [2.45, 2.75) is 18.2 Å². The average molecular weight is 323 g/mol. The van der Waals surface area contributed by atoms with Crippen molar-refractivity contribution in [3.8, 4) is 0 Å². The first-order valence-electron chi connectivity index (χ1n) is 5.14. The van der Waals surface area contributed by atoms with E-state index in [9.17, 15) is 4.39 Å². The zero-order chi connectivity index (χ0) is 13.0. The molecule has 1 aromatic rings. The highest BCUT2D eigenvalue weighted by Crippen LogP contribution is 2.28. The lowest BCUT2D eigenvalue weighted by atomic mass is 10.2. The first kappa shape index (κ1) is 14.6. The molecular weight excluding hydrogens is 307 g/mol. The van der Waals surface area contributed by atoms with E-state index >= 15 is 0 Å². The van der Waals surface area contributed by atoms with Crippen molar-refractivity contribution in [2.24, 2.45) is 0 Å². The number of aliphatic hydroxyl groups excluding tert-OH is 1. The summed E-state index contributed by atoms with van der Waals surface area (Å²) in [7, 11) is 0. The molecule has 17 heavy (non-hydrogen) atoms. The van der Waals surface area contributed by atoms with Crippen LogP contribution in [0.15, 0.2) is 16.6 Å². The Morgan fingerprint density at radius 3 is 2.76 bits per heavy atom. The quantitative estimate of drug-likeness (QED) is 0.729. The lowest BCUT2D eigenvalue weighted by molar-refractivity contribution is 0.288. The minimum atomic E-state index is -0.362. The zero-order valence-corrected chi connectivity index (χ0v) is 12.1. The molecule has 0 radical (unpaired) electrons. The number of nitrogens with two attached hydrogens (primary N) is 1. The maximum Gasteiger partial charge on any atom is 0.139 e.